The van der Waals surface area contributed by atoms with Gasteiger partial charge in [0.1, 0.15) is 0 Å². The van der Waals surface area contributed by atoms with Crippen molar-refractivity contribution in [2.75, 3.05) is 0 Å². The number of hydrogen-bond acceptors (Lipinski definition) is 1. The van der Waals surface area contributed by atoms with E-state index in [0.29, 0.717) is 10.9 Å². The van der Waals surface area contributed by atoms with Crippen molar-refractivity contribution in [3.63, 3.8) is 0 Å². The lowest BCUT2D eigenvalue weighted by molar-refractivity contribution is -0.126. The van der Waals surface area contributed by atoms with E-state index in [9.17, 15) is 13.2 Å². The molecule has 4 aromatic rings. The smallest absolute Gasteiger partial charge is 0.256 e. The molecule has 0 saturated carbocycles. The number of nitrogens with zero attached hydrogens (tertiary/aromatic N) is 1. The van der Waals surface area contributed by atoms with Gasteiger partial charge in [0.05, 0.1) is 12.1 Å². The fourth-order valence-corrected chi connectivity index (χ4v) is 3.82. The van der Waals surface area contributed by atoms with Gasteiger partial charge in [-0.3, -0.25) is 4.98 Å². The zero-order valence-corrected chi connectivity index (χ0v) is 15.1. The van der Waals surface area contributed by atoms with Crippen LogP contribution in [0.1, 0.15) is 16.7 Å². The maximum Gasteiger partial charge on any atom is 0.393 e. The first kappa shape index (κ1) is 17.5. The number of benzene rings is 3. The van der Waals surface area contributed by atoms with Crippen LogP contribution in [0.3, 0.4) is 0 Å². The van der Waals surface area contributed by atoms with Crippen LogP contribution < -0.4 is 0 Å². The molecule has 0 amide bonds. The van der Waals surface area contributed by atoms with Gasteiger partial charge in [0.15, 0.2) is 0 Å². The van der Waals surface area contributed by atoms with Gasteiger partial charge in [-0.05, 0) is 53.8 Å². The molecule has 4 rings (SSSR count). The molecule has 0 aliphatic rings. The number of aryl methyl sites for hydroxylation is 2. The van der Waals surface area contributed by atoms with Crippen LogP contribution in [0.4, 0.5) is 13.2 Å². The van der Waals surface area contributed by atoms with Gasteiger partial charge in [-0.15, -0.1) is 0 Å². The second-order valence-electron chi connectivity index (χ2n) is 7.01. The first-order valence-corrected chi connectivity index (χ1v) is 8.76. The van der Waals surface area contributed by atoms with E-state index in [1.165, 1.54) is 0 Å². The van der Waals surface area contributed by atoms with Crippen LogP contribution >= 0.6 is 0 Å². The molecule has 4 heteroatoms. The molecule has 0 fully saturated rings. The Kier molecular flexibility index (Phi) is 4.14. The van der Waals surface area contributed by atoms with Crippen molar-refractivity contribution in [1.29, 1.82) is 0 Å². The molecule has 0 unspecified atom stereocenters. The number of alkyl halides is 3. The molecule has 0 spiro atoms. The van der Waals surface area contributed by atoms with Crippen molar-refractivity contribution in [3.8, 4) is 11.3 Å². The highest BCUT2D eigenvalue weighted by Gasteiger charge is 2.29. The second kappa shape index (κ2) is 6.38. The van der Waals surface area contributed by atoms with Gasteiger partial charge < -0.3 is 0 Å². The zero-order valence-electron chi connectivity index (χ0n) is 15.1. The third kappa shape index (κ3) is 3.39. The molecule has 0 saturated heterocycles. The van der Waals surface area contributed by atoms with Gasteiger partial charge in [-0.25, -0.2) is 0 Å². The lowest BCUT2D eigenvalue weighted by Crippen LogP contribution is -2.12. The average molecular weight is 365 g/mol. The Morgan fingerprint density at radius 3 is 2.19 bits per heavy atom. The monoisotopic (exact) mass is 365 g/mol. The molecular weight excluding hydrogens is 347 g/mol. The van der Waals surface area contributed by atoms with Gasteiger partial charge in [-0.2, -0.15) is 13.2 Å². The Balaban J connectivity index is 2.08. The maximum absolute atomic E-state index is 13.1. The van der Waals surface area contributed by atoms with Crippen molar-refractivity contribution in [2.45, 2.75) is 26.4 Å². The van der Waals surface area contributed by atoms with E-state index in [2.05, 4.69) is 23.2 Å². The van der Waals surface area contributed by atoms with Crippen LogP contribution in [-0.2, 0) is 6.42 Å². The Bertz CT molecular complexity index is 1140. The van der Waals surface area contributed by atoms with Crippen LogP contribution in [0.25, 0.3) is 32.8 Å². The Hall–Kier alpha value is -2.88. The number of pyridine rings is 1. The van der Waals surface area contributed by atoms with Gasteiger partial charge in [0.2, 0.25) is 0 Å². The predicted octanol–water partition coefficient (Wildman–Crippen LogP) is 6.78. The summed E-state index contributed by atoms with van der Waals surface area (Å²) in [5.41, 5.74) is 4.33. The molecule has 0 N–H and O–H groups in total. The summed E-state index contributed by atoms with van der Waals surface area (Å²) in [4.78, 5) is 4.59. The molecule has 3 aromatic carbocycles. The van der Waals surface area contributed by atoms with Crippen molar-refractivity contribution in [1.82, 2.24) is 4.98 Å². The molecule has 1 heterocycles. The highest BCUT2D eigenvalue weighted by Crippen LogP contribution is 2.37. The summed E-state index contributed by atoms with van der Waals surface area (Å²) >= 11 is 0. The van der Waals surface area contributed by atoms with Crippen LogP contribution in [0, 0.1) is 13.8 Å². The topological polar surface area (TPSA) is 12.9 Å². The molecule has 136 valence electrons. The quantitative estimate of drug-likeness (QED) is 0.357. The summed E-state index contributed by atoms with van der Waals surface area (Å²) in [5, 5.41) is 3.10. The van der Waals surface area contributed by atoms with E-state index in [1.807, 2.05) is 26.0 Å². The molecule has 0 radical (unpaired) electrons. The van der Waals surface area contributed by atoms with Gasteiger partial charge in [0, 0.05) is 17.1 Å². The van der Waals surface area contributed by atoms with E-state index in [1.54, 1.807) is 30.5 Å². The van der Waals surface area contributed by atoms with Crippen LogP contribution in [0.2, 0.25) is 0 Å². The molecule has 0 aliphatic carbocycles. The summed E-state index contributed by atoms with van der Waals surface area (Å²) < 4.78 is 39.3. The van der Waals surface area contributed by atoms with Crippen molar-refractivity contribution in [2.24, 2.45) is 0 Å². The third-order valence-corrected chi connectivity index (χ3v) is 4.74. The Morgan fingerprint density at radius 1 is 0.852 bits per heavy atom. The van der Waals surface area contributed by atoms with E-state index in [0.717, 1.165) is 38.5 Å². The minimum Gasteiger partial charge on any atom is -0.256 e. The summed E-state index contributed by atoms with van der Waals surface area (Å²) in [6, 6.07) is 16.9. The predicted molar refractivity (Wildman–Crippen MR) is 104 cm³/mol. The van der Waals surface area contributed by atoms with Crippen LogP contribution in [-0.4, -0.2) is 11.2 Å². The van der Waals surface area contributed by atoms with Crippen LogP contribution in [0.5, 0.6) is 0 Å². The standard InChI is InChI=1S/C23H18F3N/c1-14-9-15(2)11-17(10-14)22-21-16(7-8-27-22)12-18(13-23(24,25)26)19-5-3-4-6-20(19)21/h3-12H,13H2,1-2H3. The highest BCUT2D eigenvalue weighted by atomic mass is 19.4. The Labute approximate surface area is 155 Å². The van der Waals surface area contributed by atoms with Gasteiger partial charge >= 0.3 is 6.18 Å². The SMILES string of the molecule is Cc1cc(C)cc(-c2nccc3cc(CC(F)(F)F)c4ccccc4c23)c1. The van der Waals surface area contributed by atoms with Gasteiger partial charge in [-0.1, -0.05) is 47.5 Å². The zero-order chi connectivity index (χ0) is 19.2. The molecule has 0 aliphatic heterocycles. The molecular formula is C23H18F3N. The summed E-state index contributed by atoms with van der Waals surface area (Å²) in [6.45, 7) is 4.06. The average Bonchev–Trinajstić information content (AvgIpc) is 2.59. The molecule has 0 bridgehead atoms. The molecule has 27 heavy (non-hydrogen) atoms. The van der Waals surface area contributed by atoms with Crippen molar-refractivity contribution >= 4 is 21.5 Å². The number of halogens is 3. The van der Waals surface area contributed by atoms with Crippen LogP contribution in [0.15, 0.2) is 60.8 Å². The van der Waals surface area contributed by atoms with Crippen molar-refractivity contribution in [3.05, 3.63) is 77.5 Å². The minimum atomic E-state index is -4.25. The summed E-state index contributed by atoms with van der Waals surface area (Å²) in [7, 11) is 0. The normalized spacial score (nSPS) is 12.0. The molecule has 1 aromatic heterocycles. The first-order valence-electron chi connectivity index (χ1n) is 8.76. The number of aromatic nitrogens is 1. The maximum atomic E-state index is 13.1. The van der Waals surface area contributed by atoms with E-state index in [-0.39, 0.29) is 0 Å². The van der Waals surface area contributed by atoms with E-state index < -0.39 is 12.6 Å². The Morgan fingerprint density at radius 2 is 1.52 bits per heavy atom. The fraction of sp³-hybridized carbons (Fsp3) is 0.174. The minimum absolute atomic E-state index is 0.295. The number of fused-ring (bicyclic) bond motifs is 3. The summed E-state index contributed by atoms with van der Waals surface area (Å²) in [5.74, 6) is 0. The molecule has 0 atom stereocenters. The second-order valence-corrected chi connectivity index (χ2v) is 7.01. The van der Waals surface area contributed by atoms with E-state index >= 15 is 0 Å². The fourth-order valence-electron chi connectivity index (χ4n) is 3.82. The largest absolute Gasteiger partial charge is 0.393 e. The lowest BCUT2D eigenvalue weighted by atomic mass is 9.92. The number of rotatable bonds is 2. The third-order valence-electron chi connectivity index (χ3n) is 4.74. The first-order chi connectivity index (χ1) is 12.8. The van der Waals surface area contributed by atoms with Crippen molar-refractivity contribution < 1.29 is 13.2 Å². The summed E-state index contributed by atoms with van der Waals surface area (Å²) in [6.07, 6.45) is -3.52. The van der Waals surface area contributed by atoms with E-state index in [4.69, 9.17) is 0 Å². The molecule has 1 nitrogen and oxygen atoms in total. The lowest BCUT2D eigenvalue weighted by Gasteiger charge is -2.15. The highest BCUT2D eigenvalue weighted by molar-refractivity contribution is 6.14. The number of hydrogen-bond donors (Lipinski definition) is 0. The van der Waals surface area contributed by atoms with Gasteiger partial charge in [0.25, 0.3) is 0 Å².